The van der Waals surface area contributed by atoms with Crippen molar-refractivity contribution in [2.24, 2.45) is 0 Å². The smallest absolute Gasteiger partial charge is 0.177 e. The number of fused-ring (bicyclic) bond motifs is 2. The summed E-state index contributed by atoms with van der Waals surface area (Å²) in [6, 6.07) is 3.94. The van der Waals surface area contributed by atoms with Gasteiger partial charge in [0.05, 0.1) is 0 Å². The van der Waals surface area contributed by atoms with E-state index in [0.29, 0.717) is 0 Å². The molecule has 132 valence electrons. The molecular weight excluding hydrogens is 370 g/mol. The topological polar surface area (TPSA) is 88.2 Å². The molecule has 1 fully saturated rings. The van der Waals surface area contributed by atoms with Crippen molar-refractivity contribution in [2.75, 3.05) is 42.2 Å². The third-order valence-corrected chi connectivity index (χ3v) is 6.40. The SMILES string of the molecule is CSc1nc2ncnc(N3CCN(c4ccc5nncn5n4)CC3)c2s1. The molecule has 0 N–H and O–H groups in total. The molecule has 0 spiro atoms. The van der Waals surface area contributed by atoms with Crippen molar-refractivity contribution in [3.63, 3.8) is 0 Å². The van der Waals surface area contributed by atoms with Crippen LogP contribution in [0.4, 0.5) is 11.6 Å². The van der Waals surface area contributed by atoms with Gasteiger partial charge in [0.1, 0.15) is 23.2 Å². The van der Waals surface area contributed by atoms with Crippen molar-refractivity contribution in [3.05, 3.63) is 24.8 Å². The Hall–Kier alpha value is -2.53. The first-order valence-corrected chi connectivity index (χ1v) is 10.2. The zero-order valence-corrected chi connectivity index (χ0v) is 15.6. The first-order chi connectivity index (χ1) is 12.8. The molecule has 1 saturated heterocycles. The number of thiazole rings is 1. The van der Waals surface area contributed by atoms with Crippen LogP contribution in [0.3, 0.4) is 0 Å². The summed E-state index contributed by atoms with van der Waals surface area (Å²) in [7, 11) is 0. The summed E-state index contributed by atoms with van der Waals surface area (Å²) in [6.07, 6.45) is 5.26. The molecular formula is C15H15N9S2. The molecule has 1 aliphatic heterocycles. The second-order valence-corrected chi connectivity index (χ2v) is 7.89. The molecule has 26 heavy (non-hydrogen) atoms. The summed E-state index contributed by atoms with van der Waals surface area (Å²) in [5, 5.41) is 12.5. The Bertz CT molecular complexity index is 1070. The van der Waals surface area contributed by atoms with Gasteiger partial charge in [-0.1, -0.05) is 11.8 Å². The number of anilines is 2. The van der Waals surface area contributed by atoms with Gasteiger partial charge in [0.15, 0.2) is 21.5 Å². The largest absolute Gasteiger partial charge is 0.352 e. The molecule has 11 heteroatoms. The van der Waals surface area contributed by atoms with Gasteiger partial charge in [0.2, 0.25) is 0 Å². The summed E-state index contributed by atoms with van der Waals surface area (Å²) in [6.45, 7) is 3.50. The first kappa shape index (κ1) is 15.7. The Morgan fingerprint density at radius 3 is 2.77 bits per heavy atom. The monoisotopic (exact) mass is 385 g/mol. The molecule has 0 aromatic carbocycles. The van der Waals surface area contributed by atoms with Gasteiger partial charge < -0.3 is 9.80 Å². The normalized spacial score (nSPS) is 15.3. The fourth-order valence-corrected chi connectivity index (χ4v) is 4.60. The van der Waals surface area contributed by atoms with Gasteiger partial charge in [-0.15, -0.1) is 26.6 Å². The zero-order valence-electron chi connectivity index (χ0n) is 14.0. The number of piperazine rings is 1. The number of thioether (sulfide) groups is 1. The molecule has 9 nitrogen and oxygen atoms in total. The highest BCUT2D eigenvalue weighted by Crippen LogP contribution is 2.33. The second-order valence-electron chi connectivity index (χ2n) is 5.83. The standard InChI is InChI=1S/C15H15N9S2/c1-25-15-19-13-12(26-15)14(17-8-16-13)23-6-4-22(5-7-23)11-3-2-10-20-18-9-24(10)21-11/h2-3,8-9H,4-7H2,1H3. The van der Waals surface area contributed by atoms with Crippen LogP contribution >= 0.6 is 23.1 Å². The lowest BCUT2D eigenvalue weighted by Gasteiger charge is -2.35. The lowest BCUT2D eigenvalue weighted by Crippen LogP contribution is -2.47. The maximum atomic E-state index is 4.58. The predicted molar refractivity (Wildman–Crippen MR) is 102 cm³/mol. The zero-order chi connectivity index (χ0) is 17.5. The number of rotatable bonds is 3. The Balaban J connectivity index is 1.37. The highest BCUT2D eigenvalue weighted by molar-refractivity contribution is 8.00. The minimum atomic E-state index is 0.755. The molecule has 0 saturated carbocycles. The van der Waals surface area contributed by atoms with Crippen LogP contribution in [0.15, 0.2) is 29.1 Å². The Morgan fingerprint density at radius 1 is 1.08 bits per heavy atom. The van der Waals surface area contributed by atoms with Crippen molar-refractivity contribution in [3.8, 4) is 0 Å². The lowest BCUT2D eigenvalue weighted by molar-refractivity contribution is 0.637. The van der Waals surface area contributed by atoms with E-state index in [9.17, 15) is 0 Å². The molecule has 5 rings (SSSR count). The van der Waals surface area contributed by atoms with Crippen LogP contribution < -0.4 is 9.80 Å². The molecule has 0 atom stereocenters. The third-order valence-electron chi connectivity index (χ3n) is 4.38. The van der Waals surface area contributed by atoms with E-state index in [-0.39, 0.29) is 0 Å². The van der Waals surface area contributed by atoms with E-state index in [1.165, 1.54) is 0 Å². The molecule has 0 radical (unpaired) electrons. The van der Waals surface area contributed by atoms with Gasteiger partial charge in [0, 0.05) is 26.2 Å². The fraction of sp³-hybridized carbons (Fsp3) is 0.333. The molecule has 0 bridgehead atoms. The predicted octanol–water partition coefficient (Wildman–Crippen LogP) is 1.57. The van der Waals surface area contributed by atoms with Crippen molar-refractivity contribution < 1.29 is 0 Å². The fourth-order valence-electron chi connectivity index (χ4n) is 3.07. The number of aromatic nitrogens is 7. The molecule has 4 aromatic rings. The maximum Gasteiger partial charge on any atom is 0.177 e. The summed E-state index contributed by atoms with van der Waals surface area (Å²) in [5.74, 6) is 1.92. The van der Waals surface area contributed by atoms with Crippen molar-refractivity contribution in [2.45, 2.75) is 4.34 Å². The van der Waals surface area contributed by atoms with Crippen LogP contribution in [-0.4, -0.2) is 67.2 Å². The Labute approximate surface area is 157 Å². The maximum absolute atomic E-state index is 4.58. The number of hydrogen-bond donors (Lipinski definition) is 0. The lowest BCUT2D eigenvalue weighted by atomic mass is 10.3. The van der Waals surface area contributed by atoms with E-state index in [2.05, 4.69) is 40.0 Å². The van der Waals surface area contributed by atoms with E-state index in [4.69, 9.17) is 0 Å². The Morgan fingerprint density at radius 2 is 1.92 bits per heavy atom. The summed E-state index contributed by atoms with van der Waals surface area (Å²) >= 11 is 3.30. The number of hydrogen-bond acceptors (Lipinski definition) is 10. The molecule has 4 aromatic heterocycles. The van der Waals surface area contributed by atoms with Crippen molar-refractivity contribution >= 4 is 50.7 Å². The molecule has 5 heterocycles. The third kappa shape index (κ3) is 2.63. The highest BCUT2D eigenvalue weighted by atomic mass is 32.2. The second kappa shape index (κ2) is 6.32. The number of nitrogens with zero attached hydrogens (tertiary/aromatic N) is 9. The van der Waals surface area contributed by atoms with Crippen LogP contribution in [-0.2, 0) is 0 Å². The molecule has 0 amide bonds. The average Bonchev–Trinajstić information content (AvgIpc) is 3.33. The Kier molecular flexibility index (Phi) is 3.82. The van der Waals surface area contributed by atoms with Crippen molar-refractivity contribution in [1.29, 1.82) is 0 Å². The van der Waals surface area contributed by atoms with Crippen molar-refractivity contribution in [1.82, 2.24) is 34.8 Å². The summed E-state index contributed by atoms with van der Waals surface area (Å²) in [4.78, 5) is 18.0. The quantitative estimate of drug-likeness (QED) is 0.488. The van der Waals surface area contributed by atoms with E-state index >= 15 is 0 Å². The highest BCUT2D eigenvalue weighted by Gasteiger charge is 2.22. The van der Waals surface area contributed by atoms with Crippen LogP contribution in [0.2, 0.25) is 0 Å². The minimum Gasteiger partial charge on any atom is -0.352 e. The van der Waals surface area contributed by atoms with Gasteiger partial charge >= 0.3 is 0 Å². The van der Waals surface area contributed by atoms with Gasteiger partial charge in [-0.3, -0.25) is 0 Å². The van der Waals surface area contributed by atoms with E-state index < -0.39 is 0 Å². The average molecular weight is 385 g/mol. The van der Waals surface area contributed by atoms with Crippen LogP contribution in [0, 0.1) is 0 Å². The van der Waals surface area contributed by atoms with Gasteiger partial charge in [-0.2, -0.15) is 4.52 Å². The van der Waals surface area contributed by atoms with E-state index in [0.717, 1.165) is 58.1 Å². The molecule has 1 aliphatic rings. The van der Waals surface area contributed by atoms with Gasteiger partial charge in [-0.05, 0) is 18.4 Å². The van der Waals surface area contributed by atoms with E-state index in [1.807, 2.05) is 18.4 Å². The molecule has 0 unspecified atom stereocenters. The van der Waals surface area contributed by atoms with Crippen LogP contribution in [0.5, 0.6) is 0 Å². The minimum absolute atomic E-state index is 0.755. The van der Waals surface area contributed by atoms with Gasteiger partial charge in [-0.25, -0.2) is 15.0 Å². The van der Waals surface area contributed by atoms with Gasteiger partial charge in [0.25, 0.3) is 0 Å². The van der Waals surface area contributed by atoms with Crippen LogP contribution in [0.1, 0.15) is 0 Å². The van der Waals surface area contributed by atoms with Crippen LogP contribution in [0.25, 0.3) is 16.0 Å². The summed E-state index contributed by atoms with van der Waals surface area (Å²) in [5.41, 5.74) is 1.54. The van der Waals surface area contributed by atoms with E-state index in [1.54, 1.807) is 40.3 Å². The summed E-state index contributed by atoms with van der Waals surface area (Å²) < 4.78 is 3.79. The first-order valence-electron chi connectivity index (χ1n) is 8.14. The molecule has 0 aliphatic carbocycles.